The minimum atomic E-state index is -0.322. The molecule has 1 amide bonds. The molecule has 3 aromatic carbocycles. The fourth-order valence-electron chi connectivity index (χ4n) is 4.28. The Kier molecular flexibility index (Phi) is 5.89. The number of carbonyl (C=O) groups excluding carboxylic acids is 1. The number of rotatable bonds is 5. The first-order valence-electron chi connectivity index (χ1n) is 11.1. The molecule has 6 heteroatoms. The van der Waals surface area contributed by atoms with E-state index in [1.807, 2.05) is 30.5 Å². The van der Waals surface area contributed by atoms with Crippen molar-refractivity contribution in [2.75, 3.05) is 36.0 Å². The van der Waals surface area contributed by atoms with Gasteiger partial charge in [-0.1, -0.05) is 42.5 Å². The van der Waals surface area contributed by atoms with Gasteiger partial charge in [-0.2, -0.15) is 0 Å². The average Bonchev–Trinajstić information content (AvgIpc) is 2.88. The number of anilines is 2. The van der Waals surface area contributed by atoms with Gasteiger partial charge in [-0.15, -0.1) is 0 Å². The molecule has 2 heterocycles. The highest BCUT2D eigenvalue weighted by atomic mass is 19.1. The van der Waals surface area contributed by atoms with Crippen LogP contribution in [0.5, 0.6) is 0 Å². The highest BCUT2D eigenvalue weighted by Gasteiger charge is 2.20. The first-order chi connectivity index (χ1) is 16.2. The summed E-state index contributed by atoms with van der Waals surface area (Å²) in [6.45, 7) is 3.66. The van der Waals surface area contributed by atoms with E-state index < -0.39 is 0 Å². The molecule has 1 N–H and O–H groups in total. The van der Waals surface area contributed by atoms with E-state index in [9.17, 15) is 9.18 Å². The molecule has 1 aliphatic rings. The monoisotopic (exact) mass is 440 g/mol. The van der Waals surface area contributed by atoms with Crippen LogP contribution < -0.4 is 15.1 Å². The quantitative estimate of drug-likeness (QED) is 0.492. The number of aromatic nitrogens is 1. The summed E-state index contributed by atoms with van der Waals surface area (Å²) in [7, 11) is 0. The molecule has 33 heavy (non-hydrogen) atoms. The molecule has 0 radical (unpaired) electrons. The smallest absolute Gasteiger partial charge is 0.251 e. The number of para-hydroxylation sites is 1. The standard InChI is InChI=1S/C27H25FN4O/c28-25-9-5-4-6-22(25)19-30-27(33)21-11-10-20-12-13-29-26(24(20)18-21)32-16-14-31(15-17-32)23-7-2-1-3-8-23/h1-13,18H,14-17,19H2,(H,30,33). The summed E-state index contributed by atoms with van der Waals surface area (Å²) in [5.74, 6) is 0.338. The minimum Gasteiger partial charge on any atom is -0.368 e. The molecule has 0 saturated carbocycles. The highest BCUT2D eigenvalue weighted by Crippen LogP contribution is 2.27. The first-order valence-corrected chi connectivity index (χ1v) is 11.1. The van der Waals surface area contributed by atoms with Gasteiger partial charge >= 0.3 is 0 Å². The van der Waals surface area contributed by atoms with Crippen molar-refractivity contribution in [3.63, 3.8) is 0 Å². The first kappa shape index (κ1) is 20.9. The molecule has 1 aliphatic heterocycles. The number of hydrogen-bond acceptors (Lipinski definition) is 4. The number of nitrogens with zero attached hydrogens (tertiary/aromatic N) is 3. The number of piperazine rings is 1. The molecule has 5 rings (SSSR count). The maximum Gasteiger partial charge on any atom is 0.251 e. The fraction of sp³-hybridized carbons (Fsp3) is 0.185. The average molecular weight is 441 g/mol. The van der Waals surface area contributed by atoms with Crippen LogP contribution in [-0.2, 0) is 6.54 Å². The van der Waals surface area contributed by atoms with Gasteiger partial charge in [-0.05, 0) is 41.8 Å². The predicted octanol–water partition coefficient (Wildman–Crippen LogP) is 4.63. The van der Waals surface area contributed by atoms with Crippen LogP contribution in [0.2, 0.25) is 0 Å². The topological polar surface area (TPSA) is 48.5 Å². The number of pyridine rings is 1. The van der Waals surface area contributed by atoms with Gasteiger partial charge in [0.25, 0.3) is 5.91 Å². The summed E-state index contributed by atoms with van der Waals surface area (Å²) in [6, 6.07) is 24.5. The van der Waals surface area contributed by atoms with E-state index in [-0.39, 0.29) is 18.3 Å². The maximum atomic E-state index is 13.9. The van der Waals surface area contributed by atoms with Crippen molar-refractivity contribution in [1.82, 2.24) is 10.3 Å². The number of hydrogen-bond donors (Lipinski definition) is 1. The van der Waals surface area contributed by atoms with Gasteiger partial charge < -0.3 is 15.1 Å². The Morgan fingerprint density at radius 2 is 1.61 bits per heavy atom. The van der Waals surface area contributed by atoms with E-state index in [0.29, 0.717) is 11.1 Å². The summed E-state index contributed by atoms with van der Waals surface area (Å²) >= 11 is 0. The van der Waals surface area contributed by atoms with Crippen LogP contribution in [0.4, 0.5) is 15.9 Å². The van der Waals surface area contributed by atoms with E-state index in [1.165, 1.54) is 11.8 Å². The van der Waals surface area contributed by atoms with Crippen molar-refractivity contribution in [2.24, 2.45) is 0 Å². The lowest BCUT2D eigenvalue weighted by atomic mass is 10.1. The number of nitrogens with one attached hydrogen (secondary N) is 1. The van der Waals surface area contributed by atoms with Gasteiger partial charge in [0, 0.05) is 61.1 Å². The molecule has 0 aliphatic carbocycles. The van der Waals surface area contributed by atoms with Gasteiger partial charge in [0.2, 0.25) is 0 Å². The lowest BCUT2D eigenvalue weighted by Crippen LogP contribution is -2.46. The summed E-state index contributed by atoms with van der Waals surface area (Å²) in [4.78, 5) is 22.1. The maximum absolute atomic E-state index is 13.9. The van der Waals surface area contributed by atoms with Crippen LogP contribution in [0, 0.1) is 5.82 Å². The molecule has 0 spiro atoms. The molecule has 1 saturated heterocycles. The Hall–Kier alpha value is -3.93. The summed E-state index contributed by atoms with van der Waals surface area (Å²) in [5.41, 5.74) is 2.23. The minimum absolute atomic E-state index is 0.144. The van der Waals surface area contributed by atoms with Crippen LogP contribution in [0.3, 0.4) is 0 Å². The highest BCUT2D eigenvalue weighted by molar-refractivity contribution is 6.01. The Morgan fingerprint density at radius 1 is 0.879 bits per heavy atom. The van der Waals surface area contributed by atoms with Gasteiger partial charge in [-0.25, -0.2) is 9.37 Å². The zero-order chi connectivity index (χ0) is 22.6. The molecule has 1 fully saturated rings. The number of benzene rings is 3. The van der Waals surface area contributed by atoms with Crippen LogP contribution in [-0.4, -0.2) is 37.1 Å². The molecule has 5 nitrogen and oxygen atoms in total. The zero-order valence-corrected chi connectivity index (χ0v) is 18.2. The van der Waals surface area contributed by atoms with E-state index in [2.05, 4.69) is 44.4 Å². The van der Waals surface area contributed by atoms with E-state index in [4.69, 9.17) is 0 Å². The summed E-state index contributed by atoms with van der Waals surface area (Å²) in [5, 5.41) is 4.81. The Labute approximate surface area is 192 Å². The zero-order valence-electron chi connectivity index (χ0n) is 18.2. The third kappa shape index (κ3) is 4.51. The van der Waals surface area contributed by atoms with Crippen molar-refractivity contribution >= 4 is 28.2 Å². The summed E-state index contributed by atoms with van der Waals surface area (Å²) < 4.78 is 13.9. The van der Waals surface area contributed by atoms with Crippen molar-refractivity contribution < 1.29 is 9.18 Å². The van der Waals surface area contributed by atoms with Crippen molar-refractivity contribution in [3.05, 3.63) is 102 Å². The van der Waals surface area contributed by atoms with Crippen LogP contribution in [0.15, 0.2) is 85.1 Å². The predicted molar refractivity (Wildman–Crippen MR) is 130 cm³/mol. The molecular weight excluding hydrogens is 415 g/mol. The SMILES string of the molecule is O=C(NCc1ccccc1F)c1ccc2ccnc(N3CCN(c4ccccc4)CC3)c2c1. The molecule has 4 aromatic rings. The molecule has 0 unspecified atom stereocenters. The third-order valence-electron chi connectivity index (χ3n) is 6.11. The van der Waals surface area contributed by atoms with E-state index in [1.54, 1.807) is 24.3 Å². The van der Waals surface area contributed by atoms with E-state index in [0.717, 1.165) is 42.8 Å². The second-order valence-corrected chi connectivity index (χ2v) is 8.15. The van der Waals surface area contributed by atoms with E-state index >= 15 is 0 Å². The lowest BCUT2D eigenvalue weighted by molar-refractivity contribution is 0.0950. The summed E-state index contributed by atoms with van der Waals surface area (Å²) in [6.07, 6.45) is 1.82. The van der Waals surface area contributed by atoms with Gasteiger partial charge in [0.1, 0.15) is 11.6 Å². The normalized spacial score (nSPS) is 13.8. The lowest BCUT2D eigenvalue weighted by Gasteiger charge is -2.37. The number of halogens is 1. The van der Waals surface area contributed by atoms with Crippen LogP contribution >= 0.6 is 0 Å². The Morgan fingerprint density at radius 3 is 2.39 bits per heavy atom. The van der Waals surface area contributed by atoms with Gasteiger partial charge in [0.15, 0.2) is 0 Å². The largest absolute Gasteiger partial charge is 0.368 e. The van der Waals surface area contributed by atoms with Crippen molar-refractivity contribution in [2.45, 2.75) is 6.54 Å². The third-order valence-corrected chi connectivity index (χ3v) is 6.11. The second kappa shape index (κ2) is 9.28. The van der Waals surface area contributed by atoms with Gasteiger partial charge in [-0.3, -0.25) is 4.79 Å². The number of amides is 1. The Bertz CT molecular complexity index is 1270. The number of fused-ring (bicyclic) bond motifs is 1. The van der Waals surface area contributed by atoms with Gasteiger partial charge in [0.05, 0.1) is 0 Å². The van der Waals surface area contributed by atoms with Crippen molar-refractivity contribution in [3.8, 4) is 0 Å². The fourth-order valence-corrected chi connectivity index (χ4v) is 4.28. The second-order valence-electron chi connectivity index (χ2n) is 8.15. The van der Waals surface area contributed by atoms with Crippen LogP contribution in [0.1, 0.15) is 15.9 Å². The molecular formula is C27H25FN4O. The van der Waals surface area contributed by atoms with Crippen LogP contribution in [0.25, 0.3) is 10.8 Å². The molecule has 1 aromatic heterocycles. The molecule has 0 atom stereocenters. The molecule has 166 valence electrons. The number of carbonyl (C=O) groups is 1. The van der Waals surface area contributed by atoms with Crippen molar-refractivity contribution in [1.29, 1.82) is 0 Å². The molecule has 0 bridgehead atoms. The Balaban J connectivity index is 1.33.